The molecule has 2 rings (SSSR count). The number of carboxylic acid groups (broad SMARTS) is 1. The summed E-state index contributed by atoms with van der Waals surface area (Å²) >= 11 is 0. The molecule has 0 aliphatic heterocycles. The molecule has 1 aliphatic carbocycles. The summed E-state index contributed by atoms with van der Waals surface area (Å²) in [4.78, 5) is 10.8. The van der Waals surface area contributed by atoms with E-state index in [1.54, 1.807) is 0 Å². The number of carboxylic acids is 1. The molecule has 0 saturated heterocycles. The van der Waals surface area contributed by atoms with Crippen LogP contribution in [0, 0.1) is 5.92 Å². The van der Waals surface area contributed by atoms with Gasteiger partial charge in [-0.25, -0.2) is 4.79 Å². The Labute approximate surface area is 88.3 Å². The van der Waals surface area contributed by atoms with Gasteiger partial charge in [0.25, 0.3) is 0 Å². The Morgan fingerprint density at radius 3 is 3.00 bits per heavy atom. The highest BCUT2D eigenvalue weighted by atomic mass is 16.4. The third-order valence-electron chi connectivity index (χ3n) is 2.92. The van der Waals surface area contributed by atoms with Gasteiger partial charge in [-0.05, 0) is 31.4 Å². The molecule has 0 radical (unpaired) electrons. The number of furan rings is 1. The Morgan fingerprint density at radius 2 is 2.40 bits per heavy atom. The molecule has 15 heavy (non-hydrogen) atoms. The summed E-state index contributed by atoms with van der Waals surface area (Å²) in [6, 6.07) is 1.49. The van der Waals surface area contributed by atoms with Crippen molar-refractivity contribution in [3.05, 3.63) is 23.7 Å². The Hall–Kier alpha value is -1.29. The summed E-state index contributed by atoms with van der Waals surface area (Å²) < 4.78 is 5.12. The van der Waals surface area contributed by atoms with E-state index in [2.05, 4.69) is 5.32 Å². The van der Waals surface area contributed by atoms with E-state index >= 15 is 0 Å². The molecule has 1 saturated carbocycles. The van der Waals surface area contributed by atoms with Crippen LogP contribution < -0.4 is 5.32 Å². The van der Waals surface area contributed by atoms with Crippen molar-refractivity contribution >= 4 is 5.97 Å². The molecule has 0 amide bonds. The highest BCUT2D eigenvalue weighted by Crippen LogP contribution is 2.25. The van der Waals surface area contributed by atoms with Crippen LogP contribution in [0.3, 0.4) is 0 Å². The van der Waals surface area contributed by atoms with Gasteiger partial charge in [0.2, 0.25) is 0 Å². The van der Waals surface area contributed by atoms with Crippen LogP contribution in [0.25, 0.3) is 0 Å². The summed E-state index contributed by atoms with van der Waals surface area (Å²) in [6.45, 7) is 1.46. The second kappa shape index (κ2) is 4.49. The first-order valence-corrected chi connectivity index (χ1v) is 5.27. The van der Waals surface area contributed by atoms with Crippen LogP contribution in [-0.2, 0) is 6.54 Å². The second-order valence-corrected chi connectivity index (χ2v) is 3.99. The van der Waals surface area contributed by atoms with E-state index < -0.39 is 5.97 Å². The van der Waals surface area contributed by atoms with E-state index in [1.807, 2.05) is 0 Å². The van der Waals surface area contributed by atoms with Crippen LogP contribution >= 0.6 is 0 Å². The molecule has 82 valence electrons. The van der Waals surface area contributed by atoms with Crippen LogP contribution in [0.2, 0.25) is 0 Å². The largest absolute Gasteiger partial charge is 0.478 e. The maximum absolute atomic E-state index is 10.8. The summed E-state index contributed by atoms with van der Waals surface area (Å²) in [5.41, 5.74) is 0.260. The number of rotatable bonds is 5. The molecule has 4 heteroatoms. The van der Waals surface area contributed by atoms with Crippen LogP contribution in [-0.4, -0.2) is 17.6 Å². The molecule has 1 aliphatic rings. The monoisotopic (exact) mass is 209 g/mol. The van der Waals surface area contributed by atoms with E-state index in [4.69, 9.17) is 9.52 Å². The van der Waals surface area contributed by atoms with Gasteiger partial charge in [0.15, 0.2) is 0 Å². The van der Waals surface area contributed by atoms with Gasteiger partial charge in [-0.2, -0.15) is 0 Å². The van der Waals surface area contributed by atoms with Crippen molar-refractivity contribution in [1.29, 1.82) is 0 Å². The summed E-state index contributed by atoms with van der Waals surface area (Å²) in [5.74, 6) is 0.360. The number of nitrogens with one attached hydrogen (secondary N) is 1. The molecule has 0 spiro atoms. The molecule has 0 atom stereocenters. The lowest BCUT2D eigenvalue weighted by Crippen LogP contribution is -2.27. The zero-order valence-corrected chi connectivity index (χ0v) is 8.53. The molecule has 1 aromatic heterocycles. The van der Waals surface area contributed by atoms with Crippen molar-refractivity contribution in [2.75, 3.05) is 6.54 Å². The van der Waals surface area contributed by atoms with Gasteiger partial charge in [-0.3, -0.25) is 0 Å². The molecule has 1 fully saturated rings. The lowest BCUT2D eigenvalue weighted by Gasteiger charge is -2.25. The van der Waals surface area contributed by atoms with E-state index in [1.165, 1.54) is 31.6 Å². The Balaban J connectivity index is 1.81. The van der Waals surface area contributed by atoms with Crippen LogP contribution in [0.4, 0.5) is 0 Å². The number of hydrogen-bond acceptors (Lipinski definition) is 3. The Bertz CT molecular complexity index is 341. The van der Waals surface area contributed by atoms with Gasteiger partial charge < -0.3 is 14.8 Å². The average molecular weight is 209 g/mol. The van der Waals surface area contributed by atoms with E-state index in [9.17, 15) is 4.79 Å². The van der Waals surface area contributed by atoms with Crippen molar-refractivity contribution in [1.82, 2.24) is 5.32 Å². The highest BCUT2D eigenvalue weighted by Gasteiger charge is 2.17. The van der Waals surface area contributed by atoms with Crippen LogP contribution in [0.15, 0.2) is 16.7 Å². The van der Waals surface area contributed by atoms with Crippen molar-refractivity contribution in [2.45, 2.75) is 25.8 Å². The topological polar surface area (TPSA) is 62.5 Å². The Morgan fingerprint density at radius 1 is 1.60 bits per heavy atom. The molecule has 4 nitrogen and oxygen atoms in total. The zero-order chi connectivity index (χ0) is 10.7. The van der Waals surface area contributed by atoms with Crippen LogP contribution in [0.1, 0.15) is 35.4 Å². The van der Waals surface area contributed by atoms with Gasteiger partial charge in [0, 0.05) is 0 Å². The Kier molecular flexibility index (Phi) is 3.06. The first kappa shape index (κ1) is 10.2. The van der Waals surface area contributed by atoms with Crippen molar-refractivity contribution in [3.8, 4) is 0 Å². The van der Waals surface area contributed by atoms with E-state index in [0.717, 1.165) is 12.5 Å². The summed E-state index contributed by atoms with van der Waals surface area (Å²) in [5, 5.41) is 12.1. The number of aromatic carboxylic acids is 1. The van der Waals surface area contributed by atoms with Gasteiger partial charge in [-0.15, -0.1) is 0 Å². The normalized spacial score (nSPS) is 16.3. The highest BCUT2D eigenvalue weighted by molar-refractivity contribution is 5.88. The molecular formula is C11H15NO3. The smallest absolute Gasteiger partial charge is 0.339 e. The van der Waals surface area contributed by atoms with Gasteiger partial charge >= 0.3 is 5.97 Å². The molecule has 1 heterocycles. The van der Waals surface area contributed by atoms with Crippen molar-refractivity contribution in [2.24, 2.45) is 5.92 Å². The summed E-state index contributed by atoms with van der Waals surface area (Å²) in [6.07, 6.45) is 5.32. The number of hydrogen-bond donors (Lipinski definition) is 2. The quantitative estimate of drug-likeness (QED) is 0.777. The first-order chi connectivity index (χ1) is 7.27. The molecular weight excluding hydrogens is 194 g/mol. The molecule has 0 unspecified atom stereocenters. The predicted molar refractivity (Wildman–Crippen MR) is 54.7 cm³/mol. The van der Waals surface area contributed by atoms with Crippen molar-refractivity contribution in [3.63, 3.8) is 0 Å². The lowest BCUT2D eigenvalue weighted by molar-refractivity contribution is 0.0694. The van der Waals surface area contributed by atoms with E-state index in [-0.39, 0.29) is 5.56 Å². The molecule has 0 bridgehead atoms. The average Bonchev–Trinajstić information content (AvgIpc) is 2.57. The third-order valence-corrected chi connectivity index (χ3v) is 2.92. The fraction of sp³-hybridized carbons (Fsp3) is 0.545. The first-order valence-electron chi connectivity index (χ1n) is 5.27. The molecule has 2 N–H and O–H groups in total. The number of carbonyl (C=O) groups is 1. The minimum atomic E-state index is -0.927. The second-order valence-electron chi connectivity index (χ2n) is 3.99. The SMILES string of the molecule is O=C(O)c1ccoc1CNCC1CCC1. The molecule has 1 aromatic rings. The van der Waals surface area contributed by atoms with Gasteiger partial charge in [-0.1, -0.05) is 6.42 Å². The summed E-state index contributed by atoms with van der Waals surface area (Å²) in [7, 11) is 0. The molecule has 0 aromatic carbocycles. The van der Waals surface area contributed by atoms with Gasteiger partial charge in [0.1, 0.15) is 11.3 Å². The minimum absolute atomic E-state index is 0.260. The van der Waals surface area contributed by atoms with Gasteiger partial charge in [0.05, 0.1) is 12.8 Å². The predicted octanol–water partition coefficient (Wildman–Crippen LogP) is 1.87. The van der Waals surface area contributed by atoms with E-state index in [0.29, 0.717) is 12.3 Å². The van der Waals surface area contributed by atoms with Crippen LogP contribution in [0.5, 0.6) is 0 Å². The third kappa shape index (κ3) is 2.39. The lowest BCUT2D eigenvalue weighted by atomic mass is 9.85. The fourth-order valence-corrected chi connectivity index (χ4v) is 1.75. The zero-order valence-electron chi connectivity index (χ0n) is 8.53. The minimum Gasteiger partial charge on any atom is -0.478 e. The standard InChI is InChI=1S/C11H15NO3/c13-11(14)9-4-5-15-10(9)7-12-6-8-2-1-3-8/h4-5,8,12H,1-3,6-7H2,(H,13,14). The maximum atomic E-state index is 10.8. The van der Waals surface area contributed by atoms with Crippen molar-refractivity contribution < 1.29 is 14.3 Å². The fourth-order valence-electron chi connectivity index (χ4n) is 1.75. The maximum Gasteiger partial charge on any atom is 0.339 e.